The number of hydrogen-bond acceptors (Lipinski definition) is 6. The third kappa shape index (κ3) is 8.94. The highest BCUT2D eigenvalue weighted by atomic mass is 19.1. The summed E-state index contributed by atoms with van der Waals surface area (Å²) in [5.74, 6) is 1.12. The predicted octanol–water partition coefficient (Wildman–Crippen LogP) is 20.1. The van der Waals surface area contributed by atoms with Gasteiger partial charge in [0.15, 0.2) is 0 Å². The van der Waals surface area contributed by atoms with Crippen LogP contribution >= 0.6 is 0 Å². The molecule has 0 fully saturated rings. The smallest absolute Gasteiger partial charge is 0.136 e. The van der Waals surface area contributed by atoms with Crippen LogP contribution in [0.4, 0.5) is 26.3 Å². The lowest BCUT2D eigenvalue weighted by atomic mass is 9.81. The molecule has 12 heteroatoms. The van der Waals surface area contributed by atoms with E-state index in [9.17, 15) is 26.3 Å². The molecule has 0 saturated heterocycles. The Hall–Kier alpha value is -10.2. The van der Waals surface area contributed by atoms with Gasteiger partial charge in [-0.25, -0.2) is 26.3 Å². The lowest BCUT2D eigenvalue weighted by Crippen LogP contribution is -2.00. The van der Waals surface area contributed by atoms with Gasteiger partial charge >= 0.3 is 0 Å². The van der Waals surface area contributed by atoms with E-state index in [1.807, 2.05) is 0 Å². The van der Waals surface area contributed by atoms with Crippen molar-refractivity contribution in [2.75, 3.05) is 0 Å². The van der Waals surface area contributed by atoms with Crippen LogP contribution in [0.15, 0.2) is 245 Å². The maximum atomic E-state index is 14.4. The van der Waals surface area contributed by atoms with Crippen LogP contribution < -0.4 is 0 Å². The van der Waals surface area contributed by atoms with Crippen LogP contribution in [0.2, 0.25) is 0 Å². The second kappa shape index (κ2) is 19.5. The molecular weight excluding hydrogens is 1000 g/mol. The van der Waals surface area contributed by atoms with Gasteiger partial charge < -0.3 is 26.5 Å². The van der Waals surface area contributed by atoms with E-state index in [0.29, 0.717) is 101 Å². The van der Waals surface area contributed by atoms with Crippen LogP contribution in [0.5, 0.6) is 0 Å². The van der Waals surface area contributed by atoms with Gasteiger partial charge in [0, 0.05) is 66.8 Å². The topological polar surface area (TPSA) is 78.8 Å². The molecule has 0 aliphatic carbocycles. The van der Waals surface area contributed by atoms with Gasteiger partial charge in [0.1, 0.15) is 104 Å². The zero-order chi connectivity index (χ0) is 53.0. The SMILES string of the molecule is Fc1ccc(-c2ccc(-c3c(-c4ccc(-c5ccc(F)cc5)o4)c(-c4ccc(-c5ccc(F)cc5)o4)c(-c4ccc(-c5ccc(F)cc5)o4)c(-c4ccc(-c5ccc(F)cc5)o4)c3-c3ccc(-c4ccc(F)cc4)o3)o2)cc1. The standard InChI is InChI=1S/C66H36F6O6/c67-43-13-1-37(2-14-43)49-25-31-55(73-49)61-62(56-32-26-50(74-56)38-3-15-44(68)16-4-38)64(58-34-28-52(76-58)40-7-19-46(70)20-8-40)66(60-36-30-54(78-60)42-11-23-48(72)24-12-42)65(59-35-29-53(77-59)41-9-21-47(71)22-10-41)63(61)57-33-27-51(75-57)39-5-17-45(69)18-6-39/h1-36H. The molecular formula is C66H36F6O6. The van der Waals surface area contributed by atoms with Gasteiger partial charge in [-0.1, -0.05) is 0 Å². The highest BCUT2D eigenvalue weighted by Gasteiger charge is 2.36. The molecule has 0 saturated carbocycles. The van der Waals surface area contributed by atoms with Crippen molar-refractivity contribution in [3.63, 3.8) is 0 Å². The summed E-state index contributed by atoms with van der Waals surface area (Å²) in [6.45, 7) is 0. The molecule has 0 radical (unpaired) electrons. The molecule has 378 valence electrons. The maximum absolute atomic E-state index is 14.4. The molecule has 0 aliphatic rings. The molecule has 78 heavy (non-hydrogen) atoms. The summed E-state index contributed by atoms with van der Waals surface area (Å²) >= 11 is 0. The molecule has 6 nitrogen and oxygen atoms in total. The highest BCUT2D eigenvalue weighted by molar-refractivity contribution is 6.12. The van der Waals surface area contributed by atoms with Crippen LogP contribution in [-0.4, -0.2) is 0 Å². The fourth-order valence-electron chi connectivity index (χ4n) is 9.68. The fraction of sp³-hybridized carbons (Fsp3) is 0. The maximum Gasteiger partial charge on any atom is 0.136 e. The van der Waals surface area contributed by atoms with Crippen LogP contribution in [-0.2, 0) is 0 Å². The van der Waals surface area contributed by atoms with Gasteiger partial charge in [0.05, 0.1) is 0 Å². The Bertz CT molecular complexity index is 3550. The van der Waals surface area contributed by atoms with Gasteiger partial charge in [-0.2, -0.15) is 0 Å². The Morgan fingerprint density at radius 3 is 0.385 bits per heavy atom. The Morgan fingerprint density at radius 2 is 0.256 bits per heavy atom. The average molecular weight is 1040 g/mol. The zero-order valence-electron chi connectivity index (χ0n) is 40.5. The second-order valence-corrected chi connectivity index (χ2v) is 18.3. The normalized spacial score (nSPS) is 11.5. The molecule has 13 rings (SSSR count). The van der Waals surface area contributed by atoms with E-state index in [1.165, 1.54) is 72.8 Å². The third-order valence-electron chi connectivity index (χ3n) is 13.4. The number of benzene rings is 7. The monoisotopic (exact) mass is 1040 g/mol. The van der Waals surface area contributed by atoms with Crippen molar-refractivity contribution >= 4 is 0 Å². The summed E-state index contributed by atoms with van der Waals surface area (Å²) in [7, 11) is 0. The van der Waals surface area contributed by atoms with E-state index in [-0.39, 0.29) is 34.6 Å². The van der Waals surface area contributed by atoms with Crippen LogP contribution in [0, 0.1) is 34.9 Å². The van der Waals surface area contributed by atoms with E-state index >= 15 is 0 Å². The van der Waals surface area contributed by atoms with Gasteiger partial charge in [-0.05, 0) is 218 Å². The number of halogens is 6. The largest absolute Gasteiger partial charge is 0.456 e. The summed E-state index contributed by atoms with van der Waals surface area (Å²) in [6, 6.07) is 56.2. The van der Waals surface area contributed by atoms with E-state index in [4.69, 9.17) is 26.5 Å². The summed E-state index contributed by atoms with van der Waals surface area (Å²) in [4.78, 5) is 0. The van der Waals surface area contributed by atoms with Crippen molar-refractivity contribution in [3.05, 3.63) is 253 Å². The molecule has 0 spiro atoms. The van der Waals surface area contributed by atoms with Crippen LogP contribution in [0.3, 0.4) is 0 Å². The van der Waals surface area contributed by atoms with Gasteiger partial charge in [-0.15, -0.1) is 0 Å². The summed E-state index contributed by atoms with van der Waals surface area (Å²) in [6.07, 6.45) is 0. The van der Waals surface area contributed by atoms with Crippen molar-refractivity contribution in [2.24, 2.45) is 0 Å². The molecule has 0 N–H and O–H groups in total. The van der Waals surface area contributed by atoms with Gasteiger partial charge in [0.25, 0.3) is 0 Å². The highest BCUT2D eigenvalue weighted by Crippen LogP contribution is 2.58. The third-order valence-corrected chi connectivity index (χ3v) is 13.4. The molecule has 0 bridgehead atoms. The molecule has 0 amide bonds. The van der Waals surface area contributed by atoms with E-state index in [0.717, 1.165) is 0 Å². The minimum atomic E-state index is -0.443. The van der Waals surface area contributed by atoms with E-state index in [2.05, 4.69) is 0 Å². The first-order valence-electron chi connectivity index (χ1n) is 24.5. The summed E-state index contributed by atoms with van der Waals surface area (Å²) < 4.78 is 128. The fourth-order valence-corrected chi connectivity index (χ4v) is 9.68. The first-order valence-corrected chi connectivity index (χ1v) is 24.5. The first-order chi connectivity index (χ1) is 38.1. The molecule has 0 unspecified atom stereocenters. The Morgan fingerprint density at radius 1 is 0.141 bits per heavy atom. The lowest BCUT2D eigenvalue weighted by Gasteiger charge is -2.23. The van der Waals surface area contributed by atoms with Gasteiger partial charge in [-0.3, -0.25) is 0 Å². The van der Waals surface area contributed by atoms with Crippen molar-refractivity contribution in [1.82, 2.24) is 0 Å². The first kappa shape index (κ1) is 47.5. The Labute approximate surface area is 440 Å². The van der Waals surface area contributed by atoms with E-state index < -0.39 is 34.9 Å². The molecule has 0 atom stereocenters. The van der Waals surface area contributed by atoms with Crippen molar-refractivity contribution in [2.45, 2.75) is 0 Å². The summed E-state index contributed by atoms with van der Waals surface area (Å²) in [5, 5.41) is 0. The molecule has 13 aromatic rings. The molecule has 7 aromatic carbocycles. The van der Waals surface area contributed by atoms with E-state index in [1.54, 1.807) is 146 Å². The zero-order valence-corrected chi connectivity index (χ0v) is 40.5. The average Bonchev–Trinajstić information content (AvgIpc) is 4.41. The molecule has 6 aromatic heterocycles. The second-order valence-electron chi connectivity index (χ2n) is 18.3. The van der Waals surface area contributed by atoms with Crippen molar-refractivity contribution in [3.8, 4) is 136 Å². The minimum absolute atomic E-state index is 0.259. The quantitative estimate of drug-likeness (QED) is 0.113. The van der Waals surface area contributed by atoms with Crippen LogP contribution in [0.25, 0.3) is 136 Å². The van der Waals surface area contributed by atoms with Crippen molar-refractivity contribution < 1.29 is 52.8 Å². The Kier molecular flexibility index (Phi) is 11.9. The number of hydrogen-bond donors (Lipinski definition) is 0. The minimum Gasteiger partial charge on any atom is -0.456 e. The predicted molar refractivity (Wildman–Crippen MR) is 285 cm³/mol. The molecule has 6 heterocycles. The summed E-state index contributed by atoms with van der Waals surface area (Å²) in [5.41, 5.74) is 5.54. The lowest BCUT2D eigenvalue weighted by molar-refractivity contribution is 0.578. The van der Waals surface area contributed by atoms with Crippen molar-refractivity contribution in [1.29, 1.82) is 0 Å². The number of rotatable bonds is 12. The van der Waals surface area contributed by atoms with Gasteiger partial charge in [0.2, 0.25) is 0 Å². The molecule has 0 aliphatic heterocycles. The Balaban J connectivity index is 1.21. The number of furan rings is 6. The van der Waals surface area contributed by atoms with Crippen LogP contribution in [0.1, 0.15) is 0 Å².